The number of hydrogen-bond acceptors (Lipinski definition) is 6. The minimum Gasteiger partial charge on any atom is -0.495 e. The van der Waals surface area contributed by atoms with Crippen LogP contribution in [0.15, 0.2) is 24.3 Å². The van der Waals surface area contributed by atoms with Crippen LogP contribution in [0.3, 0.4) is 0 Å². The van der Waals surface area contributed by atoms with Crippen LogP contribution in [0.1, 0.15) is 32.5 Å². The maximum absolute atomic E-state index is 5.42. The van der Waals surface area contributed by atoms with E-state index < -0.39 is 0 Å². The number of rotatable bonds is 6. The van der Waals surface area contributed by atoms with E-state index in [0.717, 1.165) is 54.7 Å². The number of methoxy groups -OCH3 is 1. The van der Waals surface area contributed by atoms with Crippen molar-refractivity contribution in [2.24, 2.45) is 5.92 Å². The van der Waals surface area contributed by atoms with Crippen molar-refractivity contribution in [1.82, 2.24) is 9.36 Å². The average molecular weight is 347 g/mol. The van der Waals surface area contributed by atoms with Crippen LogP contribution in [0, 0.1) is 5.92 Å². The third-order valence-corrected chi connectivity index (χ3v) is 5.10. The molecule has 0 atom stereocenters. The van der Waals surface area contributed by atoms with Gasteiger partial charge in [0.25, 0.3) is 0 Å². The first-order chi connectivity index (χ1) is 11.7. The summed E-state index contributed by atoms with van der Waals surface area (Å²) in [6.45, 7) is 6.44. The zero-order valence-electron chi connectivity index (χ0n) is 14.7. The van der Waals surface area contributed by atoms with Crippen molar-refractivity contribution in [2.75, 3.05) is 30.4 Å². The molecule has 130 valence electrons. The minimum absolute atomic E-state index is 0.473. The lowest BCUT2D eigenvalue weighted by molar-refractivity contribution is 0.415. The zero-order valence-corrected chi connectivity index (χ0v) is 15.5. The van der Waals surface area contributed by atoms with Crippen LogP contribution in [0.4, 0.5) is 10.8 Å². The van der Waals surface area contributed by atoms with Crippen molar-refractivity contribution in [3.63, 3.8) is 0 Å². The van der Waals surface area contributed by atoms with Crippen molar-refractivity contribution in [1.29, 1.82) is 0 Å². The highest BCUT2D eigenvalue weighted by Gasteiger charge is 2.22. The third-order valence-electron chi connectivity index (χ3n) is 4.28. The lowest BCUT2D eigenvalue weighted by Gasteiger charge is -2.32. The van der Waals surface area contributed by atoms with E-state index >= 15 is 0 Å². The summed E-state index contributed by atoms with van der Waals surface area (Å²) in [4.78, 5) is 7.07. The fraction of sp³-hybridized carbons (Fsp3) is 0.556. The predicted molar refractivity (Wildman–Crippen MR) is 100 cm³/mol. The summed E-state index contributed by atoms with van der Waals surface area (Å²) < 4.78 is 9.92. The number of benzene rings is 1. The number of nitrogens with zero attached hydrogens (tertiary/aromatic N) is 3. The van der Waals surface area contributed by atoms with Crippen molar-refractivity contribution in [3.8, 4) is 5.75 Å². The molecule has 2 heterocycles. The van der Waals surface area contributed by atoms with Gasteiger partial charge >= 0.3 is 0 Å². The smallest absolute Gasteiger partial charge is 0.205 e. The van der Waals surface area contributed by atoms with Crippen LogP contribution >= 0.6 is 11.5 Å². The molecule has 1 aliphatic heterocycles. The summed E-state index contributed by atoms with van der Waals surface area (Å²) in [6, 6.07) is 8.58. The molecular weight excluding hydrogens is 320 g/mol. The van der Waals surface area contributed by atoms with E-state index in [4.69, 9.17) is 9.72 Å². The van der Waals surface area contributed by atoms with Gasteiger partial charge in [0.15, 0.2) is 0 Å². The zero-order chi connectivity index (χ0) is 16.9. The Morgan fingerprint density at radius 3 is 2.75 bits per heavy atom. The molecule has 0 unspecified atom stereocenters. The van der Waals surface area contributed by atoms with E-state index in [1.807, 2.05) is 18.2 Å². The summed E-state index contributed by atoms with van der Waals surface area (Å²) in [5, 5.41) is 4.69. The Kier molecular flexibility index (Phi) is 5.56. The van der Waals surface area contributed by atoms with Gasteiger partial charge in [-0.1, -0.05) is 26.0 Å². The molecular formula is C18H26N4OS. The highest BCUT2D eigenvalue weighted by molar-refractivity contribution is 7.09. The van der Waals surface area contributed by atoms with E-state index in [2.05, 4.69) is 34.5 Å². The lowest BCUT2D eigenvalue weighted by atomic mass is 10.0. The number of ether oxygens (including phenoxy) is 1. The first-order valence-corrected chi connectivity index (χ1v) is 9.40. The van der Waals surface area contributed by atoms with E-state index in [1.165, 1.54) is 11.5 Å². The first kappa shape index (κ1) is 17.0. The van der Waals surface area contributed by atoms with Gasteiger partial charge < -0.3 is 15.0 Å². The molecule has 1 aliphatic rings. The number of para-hydroxylation sites is 2. The fourth-order valence-corrected chi connectivity index (χ4v) is 3.77. The quantitative estimate of drug-likeness (QED) is 0.861. The molecule has 0 bridgehead atoms. The van der Waals surface area contributed by atoms with Crippen LogP contribution in [0.5, 0.6) is 5.75 Å². The number of anilines is 2. The normalized spacial score (nSPS) is 15.8. The van der Waals surface area contributed by atoms with E-state index in [-0.39, 0.29) is 0 Å². The largest absolute Gasteiger partial charge is 0.495 e. The Morgan fingerprint density at radius 2 is 2.04 bits per heavy atom. The molecule has 24 heavy (non-hydrogen) atoms. The maximum atomic E-state index is 5.42. The van der Waals surface area contributed by atoms with Crippen molar-refractivity contribution in [2.45, 2.75) is 39.2 Å². The second kappa shape index (κ2) is 7.83. The van der Waals surface area contributed by atoms with Gasteiger partial charge in [-0.2, -0.15) is 4.37 Å². The summed E-state index contributed by atoms with van der Waals surface area (Å²) in [5.74, 6) is 2.49. The second-order valence-electron chi connectivity index (χ2n) is 6.70. The maximum Gasteiger partial charge on any atom is 0.205 e. The molecule has 1 saturated heterocycles. The van der Waals surface area contributed by atoms with Gasteiger partial charge in [-0.25, -0.2) is 4.98 Å². The predicted octanol–water partition coefficient (Wildman–Crippen LogP) is 3.83. The topological polar surface area (TPSA) is 50.3 Å². The van der Waals surface area contributed by atoms with Crippen molar-refractivity contribution >= 4 is 22.4 Å². The summed E-state index contributed by atoms with van der Waals surface area (Å²) in [5.41, 5.74) is 1.08. The molecule has 1 N–H and O–H groups in total. The van der Waals surface area contributed by atoms with Gasteiger partial charge in [-0.05, 0) is 30.9 Å². The van der Waals surface area contributed by atoms with Crippen LogP contribution in [0.25, 0.3) is 0 Å². The molecule has 0 amide bonds. The second-order valence-corrected chi connectivity index (χ2v) is 7.43. The summed E-state index contributed by atoms with van der Waals surface area (Å²) in [7, 11) is 1.72. The molecule has 1 fully saturated rings. The average Bonchev–Trinajstić information content (AvgIpc) is 3.04. The van der Waals surface area contributed by atoms with Gasteiger partial charge in [-0.3, -0.25) is 0 Å². The molecule has 3 rings (SSSR count). The number of nitrogens with one attached hydrogen (secondary N) is 1. The van der Waals surface area contributed by atoms with Gasteiger partial charge in [0.2, 0.25) is 5.13 Å². The first-order valence-electron chi connectivity index (χ1n) is 8.62. The van der Waals surface area contributed by atoms with Crippen molar-refractivity contribution in [3.05, 3.63) is 30.1 Å². The number of hydrogen-bond donors (Lipinski definition) is 1. The number of aromatic nitrogens is 2. The van der Waals surface area contributed by atoms with Crippen LogP contribution in [-0.2, 0) is 6.42 Å². The van der Waals surface area contributed by atoms with Crippen LogP contribution < -0.4 is 15.0 Å². The summed E-state index contributed by atoms with van der Waals surface area (Å²) >= 11 is 1.53. The minimum atomic E-state index is 0.473. The fourth-order valence-electron chi connectivity index (χ4n) is 3.02. The molecule has 1 aromatic heterocycles. The highest BCUT2D eigenvalue weighted by Crippen LogP contribution is 2.28. The van der Waals surface area contributed by atoms with Crippen LogP contribution in [-0.4, -0.2) is 35.6 Å². The van der Waals surface area contributed by atoms with Gasteiger partial charge in [0.1, 0.15) is 11.6 Å². The standard InChI is InChI=1S/C18H26N4OS/c1-13(2)12-17-20-18(24-21-17)22-10-8-14(9-11-22)19-15-6-4-5-7-16(15)23-3/h4-7,13-14,19H,8-12H2,1-3H3. The molecule has 0 radical (unpaired) electrons. The van der Waals surface area contributed by atoms with E-state index in [9.17, 15) is 0 Å². The molecule has 2 aromatic rings. The van der Waals surface area contributed by atoms with Gasteiger partial charge in [-0.15, -0.1) is 0 Å². The third kappa shape index (κ3) is 4.17. The van der Waals surface area contributed by atoms with Crippen LogP contribution in [0.2, 0.25) is 0 Å². The number of piperidine rings is 1. The Balaban J connectivity index is 1.55. The Labute approximate surface area is 148 Å². The Morgan fingerprint density at radius 1 is 1.29 bits per heavy atom. The molecule has 5 nitrogen and oxygen atoms in total. The van der Waals surface area contributed by atoms with Gasteiger partial charge in [0, 0.05) is 37.1 Å². The molecule has 0 spiro atoms. The lowest BCUT2D eigenvalue weighted by Crippen LogP contribution is -2.39. The van der Waals surface area contributed by atoms with Crippen molar-refractivity contribution < 1.29 is 4.74 Å². The van der Waals surface area contributed by atoms with E-state index in [0.29, 0.717) is 12.0 Å². The van der Waals surface area contributed by atoms with Gasteiger partial charge in [0.05, 0.1) is 12.8 Å². The Hall–Kier alpha value is -1.82. The highest BCUT2D eigenvalue weighted by atomic mass is 32.1. The molecule has 0 aliphatic carbocycles. The Bertz CT molecular complexity index is 650. The summed E-state index contributed by atoms with van der Waals surface area (Å²) in [6.07, 6.45) is 3.15. The van der Waals surface area contributed by atoms with E-state index in [1.54, 1.807) is 7.11 Å². The molecule has 1 aromatic carbocycles. The molecule has 0 saturated carbocycles. The SMILES string of the molecule is COc1ccccc1NC1CCN(c2nc(CC(C)C)ns2)CC1. The molecule has 6 heteroatoms. The monoisotopic (exact) mass is 346 g/mol.